The molecular weight excluding hydrogens is 1800 g/mol. The van der Waals surface area contributed by atoms with Gasteiger partial charge in [-0.15, -0.1) is 34.0 Å². The molecule has 0 radical (unpaired) electrons. The van der Waals surface area contributed by atoms with Crippen molar-refractivity contribution in [3.8, 4) is 109 Å². The molecule has 17 rings (SSSR count). The van der Waals surface area contributed by atoms with Crippen molar-refractivity contribution in [2.45, 2.75) is 46.4 Å². The van der Waals surface area contributed by atoms with E-state index in [1.54, 1.807) is 48.7 Å². The predicted octanol–water partition coefficient (Wildman–Crippen LogP) is 19.0. The van der Waals surface area contributed by atoms with Crippen LogP contribution in [-0.2, 0) is 30.1 Å². The van der Waals surface area contributed by atoms with E-state index in [2.05, 4.69) is 75.4 Å². The molecule has 7 N–H and O–H groups in total. The third-order valence-corrected chi connectivity index (χ3v) is 26.1. The molecule has 44 heteroatoms. The molecule has 1 aliphatic rings. The molecule has 0 saturated heterocycles. The molecule has 1 saturated carbocycles. The number of ether oxygens (including phenoxy) is 2. The Labute approximate surface area is 731 Å². The summed E-state index contributed by atoms with van der Waals surface area (Å²) < 4.78 is 254. The van der Waals surface area contributed by atoms with Gasteiger partial charge in [0.15, 0.2) is 32.1 Å². The van der Waals surface area contributed by atoms with E-state index in [-0.39, 0.29) is 62.4 Å². The van der Waals surface area contributed by atoms with Crippen molar-refractivity contribution in [1.29, 1.82) is 0 Å². The van der Waals surface area contributed by atoms with Gasteiger partial charge in [0.05, 0.1) is 128 Å². The fourth-order valence-corrected chi connectivity index (χ4v) is 19.4. The van der Waals surface area contributed by atoms with E-state index in [1.807, 2.05) is 14.2 Å². The zero-order chi connectivity index (χ0) is 90.3. The zero-order valence-electron chi connectivity index (χ0n) is 65.5. The highest BCUT2D eigenvalue weighted by Crippen LogP contribution is 2.47. The molecule has 0 bridgehead atoms. The van der Waals surface area contributed by atoms with Gasteiger partial charge in [-0.05, 0) is 146 Å². The van der Waals surface area contributed by atoms with Crippen molar-refractivity contribution in [2.24, 2.45) is 0 Å². The quantitative estimate of drug-likeness (QED) is 0.0306. The van der Waals surface area contributed by atoms with Crippen LogP contribution in [0.1, 0.15) is 25.7 Å². The van der Waals surface area contributed by atoms with E-state index < -0.39 is 126 Å². The van der Waals surface area contributed by atoms with E-state index in [0.717, 1.165) is 145 Å². The number of rotatable bonds is 24. The van der Waals surface area contributed by atoms with Gasteiger partial charge in [0.2, 0.25) is 23.7 Å². The third kappa shape index (κ3) is 19.6. The maximum Gasteiger partial charge on any atom is 0.267 e. The van der Waals surface area contributed by atoms with Crippen molar-refractivity contribution in [3.63, 3.8) is 0 Å². The lowest BCUT2D eigenvalue weighted by Gasteiger charge is -2.13. The first-order chi connectivity index (χ1) is 61.5. The minimum Gasteiger partial charge on any atom is -0.495 e. The van der Waals surface area contributed by atoms with Gasteiger partial charge in [0.25, 0.3) is 30.1 Å². The largest absolute Gasteiger partial charge is 0.495 e. The number of sulfonamides is 3. The number of halogens is 11. The van der Waals surface area contributed by atoms with Gasteiger partial charge in [0.1, 0.15) is 67.3 Å². The van der Waals surface area contributed by atoms with E-state index in [9.17, 15) is 60.4 Å². The number of hydrogen-bond acceptors (Lipinski definition) is 27. The number of pyridine rings is 4. The van der Waals surface area contributed by atoms with E-state index >= 15 is 13.2 Å². The molecule has 6 aromatic carbocycles. The molecule has 10 heterocycles. The average Bonchev–Trinajstić information content (AvgIpc) is 1.51. The molecular formula is C84H58F11N19O8S6. The van der Waals surface area contributed by atoms with Crippen molar-refractivity contribution in [2.75, 3.05) is 44.8 Å². The Bertz CT molecular complexity index is 7160. The van der Waals surface area contributed by atoms with E-state index in [1.165, 1.54) is 99.7 Å². The Balaban J connectivity index is 0.000000148. The molecule has 10 aromatic heterocycles. The highest BCUT2D eigenvalue weighted by atomic mass is 32.2. The summed E-state index contributed by atoms with van der Waals surface area (Å²) in [6.07, 6.45) is 13.7. The van der Waals surface area contributed by atoms with Crippen LogP contribution in [0.15, 0.2) is 234 Å². The van der Waals surface area contributed by atoms with Crippen LogP contribution in [0.5, 0.6) is 11.6 Å². The molecule has 0 unspecified atom stereocenters. The predicted molar refractivity (Wildman–Crippen MR) is 458 cm³/mol. The molecule has 0 amide bonds. The van der Waals surface area contributed by atoms with E-state index in [0.29, 0.717) is 76.4 Å². The third-order valence-electron chi connectivity index (χ3n) is 18.6. The summed E-state index contributed by atoms with van der Waals surface area (Å²) in [5.41, 5.74) is 6.63. The summed E-state index contributed by atoms with van der Waals surface area (Å²) in [4.78, 5) is 53.6. The van der Waals surface area contributed by atoms with Gasteiger partial charge in [0, 0.05) is 47.4 Å². The Morgan fingerprint density at radius 2 is 0.742 bits per heavy atom. The number of anilines is 7. The monoisotopic (exact) mass is 1860 g/mol. The lowest BCUT2D eigenvalue weighted by Crippen LogP contribution is -2.17. The maximum absolute atomic E-state index is 16.1. The number of nitrogens with zero attached hydrogens (tertiary/aromatic N) is 13. The van der Waals surface area contributed by atoms with Crippen LogP contribution in [0.25, 0.3) is 97.6 Å². The minimum absolute atomic E-state index is 0.0233. The first-order valence-corrected chi connectivity index (χ1v) is 44.2. The van der Waals surface area contributed by atoms with Gasteiger partial charge < -0.3 is 25.8 Å². The first-order valence-electron chi connectivity index (χ1n) is 37.3. The van der Waals surface area contributed by atoms with Crippen LogP contribution in [0, 0.1) is 64.0 Å². The van der Waals surface area contributed by atoms with Crippen molar-refractivity contribution in [3.05, 3.63) is 283 Å². The fourth-order valence-electron chi connectivity index (χ4n) is 12.7. The molecule has 27 nitrogen and oxygen atoms in total. The SMILES string of the molecule is COc1ccc(-c2nc(-c3cccc(NS(=O)(=O)c4c(F)cccc4F)c3F)c(-c3ccnc(N)n3)s2)nc1.COc1ccc(Nc2nccc(-c3sc(-c4ccc(F)cn4)nc3-c3cccc(NS(=O)(=O)c4c(F)cccc4F)c3F)n2)cn1.O=S(=O)(Nc1cccc(-c2nc(-c3ccc(F)cn3)sc2-c2ccnc(NC3CCCC3)n2)c1F)c1c(F)cccc1F. The molecule has 0 spiro atoms. The van der Waals surface area contributed by atoms with Crippen LogP contribution >= 0.6 is 34.0 Å². The van der Waals surface area contributed by atoms with Gasteiger partial charge in [-0.25, -0.2) is 128 Å². The number of nitrogens with two attached hydrogens (primary N) is 1. The number of thiazole rings is 3. The summed E-state index contributed by atoms with van der Waals surface area (Å²) in [5.74, 6) is -10.8. The van der Waals surface area contributed by atoms with Gasteiger partial charge in [-0.1, -0.05) is 49.2 Å². The van der Waals surface area contributed by atoms with Crippen LogP contribution in [0.2, 0.25) is 0 Å². The second-order valence-electron chi connectivity index (χ2n) is 27.0. The number of nitrogens with one attached hydrogen (secondary N) is 5. The fraction of sp³-hybridized carbons (Fsp3) is 0.0833. The molecule has 16 aromatic rings. The van der Waals surface area contributed by atoms with E-state index in [4.69, 9.17) is 15.2 Å². The smallest absolute Gasteiger partial charge is 0.267 e. The summed E-state index contributed by atoms with van der Waals surface area (Å²) in [6, 6.07) is 36.2. The summed E-state index contributed by atoms with van der Waals surface area (Å²) in [5, 5.41) is 7.34. The molecule has 128 heavy (non-hydrogen) atoms. The van der Waals surface area contributed by atoms with Gasteiger partial charge in [-0.3, -0.25) is 24.1 Å². The lowest BCUT2D eigenvalue weighted by atomic mass is 10.1. The van der Waals surface area contributed by atoms with Gasteiger partial charge in [-0.2, -0.15) is 0 Å². The molecule has 0 aliphatic heterocycles. The summed E-state index contributed by atoms with van der Waals surface area (Å²) in [6.45, 7) is 0. The topological polar surface area (TPSA) is 375 Å². The summed E-state index contributed by atoms with van der Waals surface area (Å²) >= 11 is 3.34. The maximum atomic E-state index is 16.1. The van der Waals surface area contributed by atoms with Crippen LogP contribution < -0.4 is 40.0 Å². The van der Waals surface area contributed by atoms with Crippen molar-refractivity contribution < 1.29 is 83.0 Å². The number of nitrogen functional groups attached to an aromatic ring is 1. The Morgan fingerprint density at radius 3 is 1.10 bits per heavy atom. The minimum atomic E-state index is -4.89. The second-order valence-corrected chi connectivity index (χ2v) is 34.9. The Hall–Kier alpha value is -14.5. The van der Waals surface area contributed by atoms with Crippen LogP contribution in [0.3, 0.4) is 0 Å². The molecule has 1 fully saturated rings. The average molecular weight is 1860 g/mol. The number of benzene rings is 6. The Morgan fingerprint density at radius 1 is 0.367 bits per heavy atom. The molecule has 650 valence electrons. The highest BCUT2D eigenvalue weighted by Gasteiger charge is 2.33. The van der Waals surface area contributed by atoms with Crippen LogP contribution in [-0.4, -0.2) is 110 Å². The van der Waals surface area contributed by atoms with Crippen molar-refractivity contribution in [1.82, 2.24) is 64.8 Å². The first kappa shape index (κ1) is 88.4. The second kappa shape index (κ2) is 37.8. The lowest BCUT2D eigenvalue weighted by molar-refractivity contribution is 0.398. The standard InChI is InChI=1S/C30H19F4N7O3S2.C29H22F4N6O2S2.C25H17F3N6O3S2/c1-44-24-11-9-17(15-37-24)38-30-35-13-12-22(39-30)27-26(40-29(45-27)23-10-8-16(31)14-36-23)18-4-2-7-21(25(18)34)41-46(42,43)28-19(32)5-3-6-20(28)33;30-16-11-12-23(35-15-16)28-38-25(26(42-28)22-13-14-34-29(37-22)36-17-5-1-2-6-17)18-7-3-10-21(24(18)33)39-43(40,41)27-19(31)8-4-9-20(27)32;1-37-13-8-9-19(31-12-13)24-33-21(22(38-24)18-10-11-30-25(29)32-18)14-4-2-7-17(20(14)28)34-39(35,36)23-15(26)5-3-6-16(23)27/h2-15,41H,1H3,(H,35,38,39);3-4,7-15,17,39H,1-2,5-6H2,(H,34,36,37);2-12,34H,1H3,(H2,29,30,32). The summed E-state index contributed by atoms with van der Waals surface area (Å²) in [7, 11) is -11.6. The van der Waals surface area contributed by atoms with Crippen LogP contribution in [0.4, 0.5) is 88.9 Å². The molecule has 0 atom stereocenters. The highest BCUT2D eigenvalue weighted by molar-refractivity contribution is 7.93. The zero-order valence-corrected chi connectivity index (χ0v) is 70.4. The normalized spacial score (nSPS) is 12.2. The number of aromatic nitrogens is 13. The van der Waals surface area contributed by atoms with Gasteiger partial charge >= 0.3 is 0 Å². The Kier molecular flexibility index (Phi) is 26.1. The number of hydrogen-bond donors (Lipinski definition) is 6. The molecule has 1 aliphatic carbocycles. The van der Waals surface area contributed by atoms with Crippen molar-refractivity contribution >= 4 is 105 Å². The number of methoxy groups -OCH3 is 2.